The van der Waals surface area contributed by atoms with Crippen molar-refractivity contribution in [3.63, 3.8) is 0 Å². The largest absolute Gasteiger partial charge is 0.394 e. The molecule has 2 aliphatic rings. The number of benzene rings is 1. The SMILES string of the molecule is O=C(C[C@H]1CC[C@H](NC(=O)CCN2CCCCC2)[C@@H](CO)O1)Nc1ccccc1. The van der Waals surface area contributed by atoms with Crippen molar-refractivity contribution in [3.05, 3.63) is 30.3 Å². The van der Waals surface area contributed by atoms with Gasteiger partial charge >= 0.3 is 0 Å². The number of piperidine rings is 1. The average molecular weight is 404 g/mol. The van der Waals surface area contributed by atoms with E-state index < -0.39 is 6.10 Å². The molecule has 0 saturated carbocycles. The van der Waals surface area contributed by atoms with Crippen molar-refractivity contribution in [2.45, 2.75) is 63.2 Å². The van der Waals surface area contributed by atoms with Crippen molar-refractivity contribution < 1.29 is 19.4 Å². The molecular formula is C22H33N3O4. The molecule has 2 fully saturated rings. The topological polar surface area (TPSA) is 90.9 Å². The van der Waals surface area contributed by atoms with Crippen LogP contribution in [0.4, 0.5) is 5.69 Å². The molecule has 1 aromatic rings. The number of hydrogen-bond acceptors (Lipinski definition) is 5. The fourth-order valence-corrected chi connectivity index (χ4v) is 4.11. The molecule has 0 spiro atoms. The van der Waals surface area contributed by atoms with Crippen LogP contribution in [0, 0.1) is 0 Å². The summed E-state index contributed by atoms with van der Waals surface area (Å²) in [5.41, 5.74) is 0.755. The maximum Gasteiger partial charge on any atom is 0.226 e. The minimum Gasteiger partial charge on any atom is -0.394 e. The zero-order valence-corrected chi connectivity index (χ0v) is 17.0. The van der Waals surface area contributed by atoms with Crippen LogP contribution in [-0.4, -0.2) is 66.3 Å². The molecule has 7 heteroatoms. The highest BCUT2D eigenvalue weighted by Gasteiger charge is 2.32. The Morgan fingerprint density at radius 3 is 2.55 bits per heavy atom. The first-order valence-corrected chi connectivity index (χ1v) is 10.8. The van der Waals surface area contributed by atoms with E-state index in [1.807, 2.05) is 30.3 Å². The summed E-state index contributed by atoms with van der Waals surface area (Å²) >= 11 is 0. The quantitative estimate of drug-likeness (QED) is 0.617. The number of rotatable bonds is 8. The van der Waals surface area contributed by atoms with Gasteiger partial charge in [-0.05, 0) is 50.9 Å². The lowest BCUT2D eigenvalue weighted by molar-refractivity contribution is -0.133. The molecule has 2 heterocycles. The second-order valence-electron chi connectivity index (χ2n) is 8.00. The van der Waals surface area contributed by atoms with Crippen LogP contribution >= 0.6 is 0 Å². The number of likely N-dealkylation sites (tertiary alicyclic amines) is 1. The minimum absolute atomic E-state index is 0.00268. The summed E-state index contributed by atoms with van der Waals surface area (Å²) in [5.74, 6) is -0.107. The first-order valence-electron chi connectivity index (χ1n) is 10.8. The van der Waals surface area contributed by atoms with Gasteiger partial charge in [0.1, 0.15) is 6.10 Å². The van der Waals surface area contributed by atoms with Gasteiger partial charge in [0.05, 0.1) is 25.2 Å². The van der Waals surface area contributed by atoms with Crippen LogP contribution < -0.4 is 10.6 Å². The first kappa shape index (κ1) is 21.7. The Hall–Kier alpha value is -1.96. The number of anilines is 1. The molecule has 3 rings (SSSR count). The number of carbonyl (C=O) groups excluding carboxylic acids is 2. The Kier molecular flexibility index (Phi) is 8.46. The summed E-state index contributed by atoms with van der Waals surface area (Å²) in [7, 11) is 0. The fourth-order valence-electron chi connectivity index (χ4n) is 4.11. The second-order valence-corrected chi connectivity index (χ2v) is 8.00. The zero-order valence-electron chi connectivity index (χ0n) is 17.0. The third-order valence-corrected chi connectivity index (χ3v) is 5.72. The van der Waals surface area contributed by atoms with E-state index in [1.54, 1.807) is 0 Å². The minimum atomic E-state index is -0.475. The third-order valence-electron chi connectivity index (χ3n) is 5.72. The van der Waals surface area contributed by atoms with Crippen molar-refractivity contribution in [2.75, 3.05) is 31.6 Å². The highest BCUT2D eigenvalue weighted by atomic mass is 16.5. The average Bonchev–Trinajstić information content (AvgIpc) is 2.74. The number of nitrogens with zero attached hydrogens (tertiary/aromatic N) is 1. The summed E-state index contributed by atoms with van der Waals surface area (Å²) < 4.78 is 5.92. The van der Waals surface area contributed by atoms with E-state index in [9.17, 15) is 14.7 Å². The Morgan fingerprint density at radius 1 is 1.07 bits per heavy atom. The van der Waals surface area contributed by atoms with Crippen molar-refractivity contribution in [2.24, 2.45) is 0 Å². The number of carbonyl (C=O) groups is 2. The number of nitrogens with one attached hydrogen (secondary N) is 2. The van der Waals surface area contributed by atoms with Gasteiger partial charge in [0, 0.05) is 18.7 Å². The standard InChI is InChI=1S/C22H33N3O4/c26-16-20-19(24-21(27)11-14-25-12-5-2-6-13-25)10-9-18(29-20)15-22(28)23-17-7-3-1-4-8-17/h1,3-4,7-8,18-20,26H,2,5-6,9-16H2,(H,23,28)(H,24,27)/t18-,19+,20-/m1/s1. The van der Waals surface area contributed by atoms with Crippen molar-refractivity contribution in [1.29, 1.82) is 0 Å². The number of aliphatic hydroxyl groups excluding tert-OH is 1. The van der Waals surface area contributed by atoms with Crippen LogP contribution in [0.2, 0.25) is 0 Å². The number of amides is 2. The molecule has 2 saturated heterocycles. The van der Waals surface area contributed by atoms with E-state index in [0.717, 1.165) is 25.3 Å². The molecule has 2 aliphatic heterocycles. The zero-order chi connectivity index (χ0) is 20.5. The normalized spacial score (nSPS) is 25.3. The molecule has 160 valence electrons. The van der Waals surface area contributed by atoms with Crippen LogP contribution in [0.3, 0.4) is 0 Å². The van der Waals surface area contributed by atoms with Gasteiger partial charge in [-0.2, -0.15) is 0 Å². The smallest absolute Gasteiger partial charge is 0.226 e. The highest BCUT2D eigenvalue weighted by molar-refractivity contribution is 5.90. The molecule has 0 radical (unpaired) electrons. The molecule has 0 aromatic heterocycles. The van der Waals surface area contributed by atoms with Crippen LogP contribution in [0.5, 0.6) is 0 Å². The summed E-state index contributed by atoms with van der Waals surface area (Å²) in [5, 5.41) is 15.6. The van der Waals surface area contributed by atoms with Gasteiger partial charge in [-0.25, -0.2) is 0 Å². The Morgan fingerprint density at radius 2 is 1.83 bits per heavy atom. The van der Waals surface area contributed by atoms with E-state index in [4.69, 9.17) is 4.74 Å². The van der Waals surface area contributed by atoms with Gasteiger partial charge in [-0.1, -0.05) is 24.6 Å². The number of hydrogen-bond donors (Lipinski definition) is 3. The van der Waals surface area contributed by atoms with Crippen LogP contribution in [0.15, 0.2) is 30.3 Å². The van der Waals surface area contributed by atoms with Gasteiger partial charge in [0.25, 0.3) is 0 Å². The third kappa shape index (κ3) is 7.10. The fraction of sp³-hybridized carbons (Fsp3) is 0.636. The van der Waals surface area contributed by atoms with Crippen molar-refractivity contribution in [1.82, 2.24) is 10.2 Å². The monoisotopic (exact) mass is 403 g/mol. The Labute approximate surface area is 172 Å². The van der Waals surface area contributed by atoms with E-state index in [-0.39, 0.29) is 37.0 Å². The maximum atomic E-state index is 12.3. The number of ether oxygens (including phenoxy) is 1. The van der Waals surface area contributed by atoms with E-state index in [0.29, 0.717) is 19.3 Å². The van der Waals surface area contributed by atoms with Gasteiger partial charge in [-0.15, -0.1) is 0 Å². The second kappa shape index (κ2) is 11.3. The van der Waals surface area contributed by atoms with Crippen LogP contribution in [0.25, 0.3) is 0 Å². The van der Waals surface area contributed by atoms with E-state index in [2.05, 4.69) is 15.5 Å². The van der Waals surface area contributed by atoms with Gasteiger partial charge in [0.2, 0.25) is 11.8 Å². The lowest BCUT2D eigenvalue weighted by atomic mass is 9.96. The maximum absolute atomic E-state index is 12.3. The molecule has 7 nitrogen and oxygen atoms in total. The Bertz CT molecular complexity index is 649. The van der Waals surface area contributed by atoms with Crippen molar-refractivity contribution in [3.8, 4) is 0 Å². The van der Waals surface area contributed by atoms with Gasteiger partial charge in [-0.3, -0.25) is 9.59 Å². The molecule has 29 heavy (non-hydrogen) atoms. The van der Waals surface area contributed by atoms with E-state index >= 15 is 0 Å². The molecule has 3 atom stereocenters. The molecule has 0 bridgehead atoms. The van der Waals surface area contributed by atoms with Crippen molar-refractivity contribution >= 4 is 17.5 Å². The summed E-state index contributed by atoms with van der Waals surface area (Å²) in [6.45, 7) is 2.76. The highest BCUT2D eigenvalue weighted by Crippen LogP contribution is 2.22. The predicted molar refractivity (Wildman–Crippen MR) is 112 cm³/mol. The first-order chi connectivity index (χ1) is 14.1. The molecule has 0 unspecified atom stereocenters. The Balaban J connectivity index is 1.40. The summed E-state index contributed by atoms with van der Waals surface area (Å²) in [4.78, 5) is 26.9. The predicted octanol–water partition coefficient (Wildman–Crippen LogP) is 1.92. The molecule has 3 N–H and O–H groups in total. The number of aliphatic hydroxyl groups is 1. The molecule has 0 aliphatic carbocycles. The molecule has 2 amide bonds. The van der Waals surface area contributed by atoms with Crippen LogP contribution in [-0.2, 0) is 14.3 Å². The lowest BCUT2D eigenvalue weighted by Crippen LogP contribution is -2.51. The molecule has 1 aromatic carbocycles. The summed E-state index contributed by atoms with van der Waals surface area (Å²) in [6, 6.07) is 9.10. The number of para-hydroxylation sites is 1. The van der Waals surface area contributed by atoms with Gasteiger partial charge < -0.3 is 25.4 Å². The molecular weight excluding hydrogens is 370 g/mol. The van der Waals surface area contributed by atoms with Gasteiger partial charge in [0.15, 0.2) is 0 Å². The van der Waals surface area contributed by atoms with Crippen LogP contribution in [0.1, 0.15) is 44.9 Å². The summed E-state index contributed by atoms with van der Waals surface area (Å²) in [6.07, 6.45) is 5.06. The lowest BCUT2D eigenvalue weighted by Gasteiger charge is -2.36. The van der Waals surface area contributed by atoms with E-state index in [1.165, 1.54) is 19.3 Å².